The van der Waals surface area contributed by atoms with Gasteiger partial charge in [-0.15, -0.1) is 0 Å². The van der Waals surface area contributed by atoms with Gasteiger partial charge in [-0.3, -0.25) is 5.10 Å². The van der Waals surface area contributed by atoms with Gasteiger partial charge in [-0.1, -0.05) is 0 Å². The molecule has 0 bridgehead atoms. The summed E-state index contributed by atoms with van der Waals surface area (Å²) in [7, 11) is 0. The predicted octanol–water partition coefficient (Wildman–Crippen LogP) is 0.829. The lowest BCUT2D eigenvalue weighted by Gasteiger charge is -2.18. The standard InChI is InChI=1S/C13H16N2O4/c1-3-19-13(18)12(17)11(16)9-5-8-6-14-15-10(8)4-7(9)2/h4-6,11-12,16-17H,3H2,1-2H3,(H,14,15). The van der Waals surface area contributed by atoms with E-state index in [0.717, 1.165) is 16.5 Å². The number of esters is 1. The number of aromatic nitrogens is 2. The number of carbonyl (C=O) groups excluding carboxylic acids is 1. The molecule has 0 fully saturated rings. The maximum Gasteiger partial charge on any atom is 0.338 e. The van der Waals surface area contributed by atoms with Crippen LogP contribution in [0.5, 0.6) is 0 Å². The Kier molecular flexibility index (Phi) is 3.82. The van der Waals surface area contributed by atoms with Crippen molar-refractivity contribution in [2.75, 3.05) is 6.61 Å². The van der Waals surface area contributed by atoms with Crippen molar-refractivity contribution in [3.8, 4) is 0 Å². The quantitative estimate of drug-likeness (QED) is 0.711. The number of nitrogens with one attached hydrogen (secondary N) is 1. The second-order valence-corrected chi connectivity index (χ2v) is 4.31. The Hall–Kier alpha value is -1.92. The highest BCUT2D eigenvalue weighted by Crippen LogP contribution is 2.25. The first-order valence-corrected chi connectivity index (χ1v) is 6.01. The maximum atomic E-state index is 11.4. The molecule has 0 aliphatic rings. The van der Waals surface area contributed by atoms with E-state index in [1.54, 1.807) is 32.2 Å². The van der Waals surface area contributed by atoms with Gasteiger partial charge >= 0.3 is 5.97 Å². The van der Waals surface area contributed by atoms with Crippen molar-refractivity contribution in [3.05, 3.63) is 29.5 Å². The number of hydrogen-bond acceptors (Lipinski definition) is 5. The molecule has 2 atom stereocenters. The molecule has 2 unspecified atom stereocenters. The van der Waals surface area contributed by atoms with Crippen LogP contribution in [0, 0.1) is 6.92 Å². The number of nitrogens with zero attached hydrogens (tertiary/aromatic N) is 1. The lowest BCUT2D eigenvalue weighted by Crippen LogP contribution is -2.30. The van der Waals surface area contributed by atoms with E-state index in [1.165, 1.54) is 0 Å². The molecular weight excluding hydrogens is 248 g/mol. The highest BCUT2D eigenvalue weighted by atomic mass is 16.5. The average Bonchev–Trinajstić information content (AvgIpc) is 2.83. The highest BCUT2D eigenvalue weighted by Gasteiger charge is 2.28. The van der Waals surface area contributed by atoms with E-state index in [0.29, 0.717) is 5.56 Å². The Morgan fingerprint density at radius 1 is 1.47 bits per heavy atom. The van der Waals surface area contributed by atoms with Gasteiger partial charge in [0.15, 0.2) is 6.10 Å². The molecule has 2 aromatic rings. The van der Waals surface area contributed by atoms with Crippen LogP contribution in [0.25, 0.3) is 10.9 Å². The summed E-state index contributed by atoms with van der Waals surface area (Å²) in [6, 6.07) is 3.50. The van der Waals surface area contributed by atoms with Crippen LogP contribution in [-0.4, -0.2) is 39.1 Å². The average molecular weight is 264 g/mol. The van der Waals surface area contributed by atoms with Crippen molar-refractivity contribution >= 4 is 16.9 Å². The first-order valence-electron chi connectivity index (χ1n) is 6.01. The number of aliphatic hydroxyl groups is 2. The number of H-pyrrole nitrogens is 1. The summed E-state index contributed by atoms with van der Waals surface area (Å²) in [5, 5.41) is 27.4. The van der Waals surface area contributed by atoms with Gasteiger partial charge in [-0.2, -0.15) is 5.10 Å². The van der Waals surface area contributed by atoms with Gasteiger partial charge in [0, 0.05) is 5.39 Å². The van der Waals surface area contributed by atoms with Gasteiger partial charge in [0.1, 0.15) is 6.10 Å². The first-order chi connectivity index (χ1) is 9.04. The second-order valence-electron chi connectivity index (χ2n) is 4.31. The minimum atomic E-state index is -1.59. The molecule has 1 aromatic heterocycles. The fourth-order valence-electron chi connectivity index (χ4n) is 1.96. The number of hydrogen-bond donors (Lipinski definition) is 3. The zero-order valence-electron chi connectivity index (χ0n) is 10.8. The predicted molar refractivity (Wildman–Crippen MR) is 68.4 cm³/mol. The molecule has 0 aliphatic carbocycles. The van der Waals surface area contributed by atoms with Crippen LogP contribution in [0.3, 0.4) is 0 Å². The Labute approximate surface area is 110 Å². The van der Waals surface area contributed by atoms with E-state index in [9.17, 15) is 15.0 Å². The van der Waals surface area contributed by atoms with Crippen LogP contribution in [-0.2, 0) is 9.53 Å². The third kappa shape index (κ3) is 2.59. The van der Waals surface area contributed by atoms with Crippen LogP contribution in [0.2, 0.25) is 0 Å². The molecule has 0 saturated heterocycles. The van der Waals surface area contributed by atoms with E-state index in [1.807, 2.05) is 0 Å². The van der Waals surface area contributed by atoms with Gasteiger partial charge < -0.3 is 14.9 Å². The maximum absolute atomic E-state index is 11.4. The smallest absolute Gasteiger partial charge is 0.338 e. The molecule has 6 heteroatoms. The zero-order valence-corrected chi connectivity index (χ0v) is 10.8. The van der Waals surface area contributed by atoms with Crippen LogP contribution < -0.4 is 0 Å². The highest BCUT2D eigenvalue weighted by molar-refractivity contribution is 5.81. The number of benzene rings is 1. The number of aromatic amines is 1. The molecule has 0 spiro atoms. The van der Waals surface area contributed by atoms with Gasteiger partial charge in [0.25, 0.3) is 0 Å². The molecule has 2 rings (SSSR count). The molecule has 1 aromatic carbocycles. The number of carbonyl (C=O) groups is 1. The Morgan fingerprint density at radius 2 is 2.21 bits per heavy atom. The fourth-order valence-corrected chi connectivity index (χ4v) is 1.96. The summed E-state index contributed by atoms with van der Waals surface area (Å²) < 4.78 is 4.69. The Bertz CT molecular complexity index is 593. The van der Waals surface area contributed by atoms with Gasteiger partial charge in [-0.05, 0) is 37.1 Å². The third-order valence-electron chi connectivity index (χ3n) is 2.97. The number of ether oxygens (including phenoxy) is 1. The Balaban J connectivity index is 2.32. The molecule has 0 radical (unpaired) electrons. The minimum absolute atomic E-state index is 0.155. The van der Waals surface area contributed by atoms with Crippen molar-refractivity contribution in [2.24, 2.45) is 0 Å². The molecule has 6 nitrogen and oxygen atoms in total. The lowest BCUT2D eigenvalue weighted by molar-refractivity contribution is -0.159. The van der Waals surface area contributed by atoms with E-state index in [4.69, 9.17) is 4.74 Å². The van der Waals surface area contributed by atoms with Crippen molar-refractivity contribution in [3.63, 3.8) is 0 Å². The molecule has 1 heterocycles. The summed E-state index contributed by atoms with van der Waals surface area (Å²) in [4.78, 5) is 11.4. The summed E-state index contributed by atoms with van der Waals surface area (Å²) in [5.41, 5.74) is 2.07. The normalized spacial score (nSPS) is 14.3. The summed E-state index contributed by atoms with van der Waals surface area (Å²) in [6.45, 7) is 3.58. The topological polar surface area (TPSA) is 95.4 Å². The largest absolute Gasteiger partial charge is 0.464 e. The molecule has 19 heavy (non-hydrogen) atoms. The van der Waals surface area contributed by atoms with E-state index in [-0.39, 0.29) is 6.61 Å². The van der Waals surface area contributed by atoms with E-state index >= 15 is 0 Å². The molecule has 0 amide bonds. The monoisotopic (exact) mass is 264 g/mol. The van der Waals surface area contributed by atoms with Gasteiger partial charge in [0.05, 0.1) is 18.3 Å². The molecule has 3 N–H and O–H groups in total. The molecule has 0 aliphatic heterocycles. The second kappa shape index (κ2) is 5.38. The first kappa shape index (κ1) is 13.5. The summed E-state index contributed by atoms with van der Waals surface area (Å²) in [5.74, 6) is -0.832. The lowest BCUT2D eigenvalue weighted by atomic mass is 9.98. The number of rotatable bonds is 4. The zero-order chi connectivity index (χ0) is 14.0. The molecule has 102 valence electrons. The van der Waals surface area contributed by atoms with Crippen LogP contribution in [0.1, 0.15) is 24.2 Å². The molecular formula is C13H16N2O4. The van der Waals surface area contributed by atoms with E-state index in [2.05, 4.69) is 10.2 Å². The summed E-state index contributed by atoms with van der Waals surface area (Å²) >= 11 is 0. The van der Waals surface area contributed by atoms with Crippen LogP contribution in [0.4, 0.5) is 0 Å². The molecule has 0 saturated carbocycles. The van der Waals surface area contributed by atoms with Crippen molar-refractivity contribution < 1.29 is 19.7 Å². The SMILES string of the molecule is CCOC(=O)C(O)C(O)c1cc2cn[nH]c2cc1C. The van der Waals surface area contributed by atoms with Crippen molar-refractivity contribution in [1.82, 2.24) is 10.2 Å². The van der Waals surface area contributed by atoms with Crippen LogP contribution >= 0.6 is 0 Å². The van der Waals surface area contributed by atoms with Crippen molar-refractivity contribution in [2.45, 2.75) is 26.1 Å². The van der Waals surface area contributed by atoms with Crippen molar-refractivity contribution in [1.29, 1.82) is 0 Å². The Morgan fingerprint density at radius 3 is 2.89 bits per heavy atom. The van der Waals surface area contributed by atoms with Gasteiger partial charge in [-0.25, -0.2) is 4.79 Å². The summed E-state index contributed by atoms with van der Waals surface area (Å²) in [6.07, 6.45) is -1.30. The third-order valence-corrected chi connectivity index (χ3v) is 2.97. The number of aryl methyl sites for hydroxylation is 1. The number of aliphatic hydroxyl groups excluding tert-OH is 2. The number of fused-ring (bicyclic) bond motifs is 1. The van der Waals surface area contributed by atoms with Crippen LogP contribution in [0.15, 0.2) is 18.3 Å². The van der Waals surface area contributed by atoms with Gasteiger partial charge in [0.2, 0.25) is 0 Å². The van der Waals surface area contributed by atoms with E-state index < -0.39 is 18.2 Å². The minimum Gasteiger partial charge on any atom is -0.464 e. The fraction of sp³-hybridized carbons (Fsp3) is 0.385.